The smallest absolute Gasteiger partial charge is 0.240 e. The quantitative estimate of drug-likeness (QED) is 0.787. The average Bonchev–Trinajstić information content (AvgIpc) is 3.02. The van der Waals surface area contributed by atoms with Crippen LogP contribution in [0.15, 0.2) is 34.6 Å². The number of Topliss-reactive ketones (excluding diaryl/α,β-unsaturated/α-hetero) is 1. The predicted octanol–water partition coefficient (Wildman–Crippen LogP) is 1.70. The molecule has 122 valence electrons. The van der Waals surface area contributed by atoms with Crippen molar-refractivity contribution in [2.75, 3.05) is 0 Å². The van der Waals surface area contributed by atoms with Gasteiger partial charge in [-0.3, -0.25) is 14.4 Å². The van der Waals surface area contributed by atoms with Gasteiger partial charge < -0.3 is 15.0 Å². The lowest BCUT2D eigenvalue weighted by molar-refractivity contribution is -0.122. The molecule has 0 aromatic carbocycles. The monoisotopic (exact) mass is 334 g/mol. The van der Waals surface area contributed by atoms with Gasteiger partial charge in [0.15, 0.2) is 11.5 Å². The topological polar surface area (TPSA) is 88.4 Å². The molecule has 1 unspecified atom stereocenters. The van der Waals surface area contributed by atoms with E-state index >= 15 is 0 Å². The Morgan fingerprint density at radius 3 is 2.78 bits per heavy atom. The number of carbonyl (C=O) groups excluding carboxylic acids is 2. The van der Waals surface area contributed by atoms with Gasteiger partial charge in [-0.05, 0) is 25.3 Å². The Bertz CT molecular complexity index is 765. The average molecular weight is 334 g/mol. The molecule has 7 heteroatoms. The van der Waals surface area contributed by atoms with Crippen molar-refractivity contribution < 1.29 is 14.7 Å². The molecule has 0 aliphatic carbocycles. The van der Waals surface area contributed by atoms with E-state index in [1.807, 2.05) is 11.4 Å². The van der Waals surface area contributed by atoms with Gasteiger partial charge >= 0.3 is 0 Å². The molecule has 1 atom stereocenters. The number of hydrogen-bond acceptors (Lipinski definition) is 5. The summed E-state index contributed by atoms with van der Waals surface area (Å²) in [5.41, 5.74) is -0.149. The number of nitrogens with one attached hydrogen (secondary N) is 1. The number of carbonyl (C=O) groups is 2. The number of nitrogens with zero attached hydrogens (tertiary/aromatic N) is 1. The molecular formula is C16H18N2O4S. The van der Waals surface area contributed by atoms with Gasteiger partial charge in [0.25, 0.3) is 0 Å². The Morgan fingerprint density at radius 1 is 1.39 bits per heavy atom. The number of aromatic nitrogens is 1. The van der Waals surface area contributed by atoms with Gasteiger partial charge in [0, 0.05) is 24.7 Å². The van der Waals surface area contributed by atoms with Crippen LogP contribution in [0.5, 0.6) is 5.75 Å². The lowest BCUT2D eigenvalue weighted by atomic mass is 10.1. The summed E-state index contributed by atoms with van der Waals surface area (Å²) in [7, 11) is 0. The summed E-state index contributed by atoms with van der Waals surface area (Å²) in [6.45, 7) is 3.30. The zero-order valence-electron chi connectivity index (χ0n) is 12.9. The Balaban J connectivity index is 1.93. The summed E-state index contributed by atoms with van der Waals surface area (Å²) in [5, 5.41) is 14.2. The summed E-state index contributed by atoms with van der Waals surface area (Å²) in [6, 6.07) is 4.48. The number of thiophene rings is 1. The highest BCUT2D eigenvalue weighted by Gasteiger charge is 2.15. The van der Waals surface area contributed by atoms with E-state index in [4.69, 9.17) is 0 Å². The molecule has 0 spiro atoms. The Labute approximate surface area is 137 Å². The normalized spacial score (nSPS) is 11.9. The van der Waals surface area contributed by atoms with Crippen LogP contribution >= 0.6 is 11.3 Å². The van der Waals surface area contributed by atoms with Crippen LogP contribution in [-0.2, 0) is 11.3 Å². The fourth-order valence-corrected chi connectivity index (χ4v) is 2.85. The van der Waals surface area contributed by atoms with Crippen LogP contribution < -0.4 is 10.7 Å². The molecular weight excluding hydrogens is 316 g/mol. The molecule has 0 aliphatic rings. The molecule has 6 nitrogen and oxygen atoms in total. The fourth-order valence-electron chi connectivity index (χ4n) is 2.18. The maximum Gasteiger partial charge on any atom is 0.240 e. The minimum Gasteiger partial charge on any atom is -0.503 e. The molecule has 2 aromatic heterocycles. The fraction of sp³-hybridized carbons (Fsp3) is 0.312. The van der Waals surface area contributed by atoms with Crippen molar-refractivity contribution in [1.29, 1.82) is 0 Å². The second-order valence-electron chi connectivity index (χ2n) is 5.32. The number of hydrogen-bond donors (Lipinski definition) is 2. The molecule has 1 amide bonds. The third-order valence-corrected chi connectivity index (χ3v) is 4.33. The Kier molecular flexibility index (Phi) is 5.33. The largest absolute Gasteiger partial charge is 0.503 e. The number of ketones is 1. The Hall–Kier alpha value is -2.41. The van der Waals surface area contributed by atoms with Gasteiger partial charge in [0.05, 0.1) is 10.6 Å². The van der Waals surface area contributed by atoms with Gasteiger partial charge in [0.2, 0.25) is 11.3 Å². The van der Waals surface area contributed by atoms with Gasteiger partial charge in [-0.25, -0.2) is 0 Å². The van der Waals surface area contributed by atoms with Gasteiger partial charge in [-0.1, -0.05) is 6.07 Å². The molecule has 0 aliphatic heterocycles. The first kappa shape index (κ1) is 17.0. The van der Waals surface area contributed by atoms with Crippen LogP contribution in [0.3, 0.4) is 0 Å². The molecule has 0 bridgehead atoms. The number of pyridine rings is 1. The predicted molar refractivity (Wildman–Crippen MR) is 88.0 cm³/mol. The SMILES string of the molecule is Cc1c(O)c(=O)ccn1CC(=O)NC(C)CC(=O)c1cccs1. The Morgan fingerprint density at radius 2 is 2.13 bits per heavy atom. The molecule has 0 saturated heterocycles. The third-order valence-electron chi connectivity index (χ3n) is 3.42. The molecule has 2 heterocycles. The van der Waals surface area contributed by atoms with Crippen molar-refractivity contribution in [2.45, 2.75) is 32.9 Å². The van der Waals surface area contributed by atoms with Gasteiger partial charge in [-0.2, -0.15) is 0 Å². The maximum atomic E-state index is 12.0. The van der Waals surface area contributed by atoms with E-state index in [1.54, 1.807) is 19.9 Å². The van der Waals surface area contributed by atoms with Crippen molar-refractivity contribution in [3.05, 3.63) is 50.6 Å². The minimum absolute atomic E-state index is 0.00927. The van der Waals surface area contributed by atoms with E-state index < -0.39 is 5.43 Å². The van der Waals surface area contributed by atoms with Crippen LogP contribution in [0.25, 0.3) is 0 Å². The van der Waals surface area contributed by atoms with Gasteiger partial charge in [0.1, 0.15) is 6.54 Å². The van der Waals surface area contributed by atoms with E-state index in [1.165, 1.54) is 28.2 Å². The molecule has 2 N–H and O–H groups in total. The highest BCUT2D eigenvalue weighted by Crippen LogP contribution is 2.12. The van der Waals surface area contributed by atoms with Crippen molar-refractivity contribution in [2.24, 2.45) is 0 Å². The third kappa shape index (κ3) is 4.29. The van der Waals surface area contributed by atoms with E-state index in [2.05, 4.69) is 5.32 Å². The highest BCUT2D eigenvalue weighted by molar-refractivity contribution is 7.12. The molecule has 23 heavy (non-hydrogen) atoms. The molecule has 0 radical (unpaired) electrons. The van der Waals surface area contributed by atoms with Crippen molar-refractivity contribution in [3.63, 3.8) is 0 Å². The van der Waals surface area contributed by atoms with E-state index in [9.17, 15) is 19.5 Å². The molecule has 2 aromatic rings. The number of rotatable bonds is 6. The van der Waals surface area contributed by atoms with E-state index in [0.717, 1.165) is 0 Å². The first-order valence-electron chi connectivity index (χ1n) is 7.13. The summed E-state index contributed by atoms with van der Waals surface area (Å²) in [4.78, 5) is 36.0. The highest BCUT2D eigenvalue weighted by atomic mass is 32.1. The molecule has 0 saturated carbocycles. The summed E-state index contributed by atoms with van der Waals surface area (Å²) in [5.74, 6) is -0.658. The van der Waals surface area contributed by atoms with E-state index in [0.29, 0.717) is 10.6 Å². The van der Waals surface area contributed by atoms with Crippen LogP contribution in [-0.4, -0.2) is 27.4 Å². The van der Waals surface area contributed by atoms with Crippen molar-refractivity contribution in [1.82, 2.24) is 9.88 Å². The van der Waals surface area contributed by atoms with Gasteiger partial charge in [-0.15, -0.1) is 11.3 Å². The number of aromatic hydroxyl groups is 1. The van der Waals surface area contributed by atoms with E-state index in [-0.39, 0.29) is 36.4 Å². The first-order chi connectivity index (χ1) is 10.9. The lowest BCUT2D eigenvalue weighted by Gasteiger charge is -2.15. The van der Waals surface area contributed by atoms with Crippen LogP contribution in [0.2, 0.25) is 0 Å². The van der Waals surface area contributed by atoms with Crippen LogP contribution in [0.1, 0.15) is 28.7 Å². The summed E-state index contributed by atoms with van der Waals surface area (Å²) in [6.07, 6.45) is 1.68. The van der Waals surface area contributed by atoms with Crippen molar-refractivity contribution in [3.8, 4) is 5.75 Å². The minimum atomic E-state index is -0.478. The second-order valence-corrected chi connectivity index (χ2v) is 6.26. The molecule has 0 fully saturated rings. The standard InChI is InChI=1S/C16H18N2O4S/c1-10(8-13(20)14-4-3-7-23-14)17-15(21)9-18-6-5-12(19)16(22)11(18)2/h3-7,10,22H,8-9H2,1-2H3,(H,17,21). The number of amides is 1. The summed E-state index contributed by atoms with van der Waals surface area (Å²) >= 11 is 1.38. The second kappa shape index (κ2) is 7.23. The lowest BCUT2D eigenvalue weighted by Crippen LogP contribution is -2.36. The summed E-state index contributed by atoms with van der Waals surface area (Å²) < 4.78 is 1.49. The first-order valence-corrected chi connectivity index (χ1v) is 8.01. The van der Waals surface area contributed by atoms with Crippen molar-refractivity contribution >= 4 is 23.0 Å². The molecule has 2 rings (SSSR count). The van der Waals surface area contributed by atoms with Crippen LogP contribution in [0, 0.1) is 6.92 Å². The maximum absolute atomic E-state index is 12.0. The van der Waals surface area contributed by atoms with Crippen LogP contribution in [0.4, 0.5) is 0 Å². The zero-order chi connectivity index (χ0) is 17.0. The zero-order valence-corrected chi connectivity index (χ0v) is 13.7.